The van der Waals surface area contributed by atoms with Crippen molar-refractivity contribution in [1.29, 1.82) is 0 Å². The Morgan fingerprint density at radius 2 is 1.71 bits per heavy atom. The van der Waals surface area contributed by atoms with E-state index in [1.165, 1.54) is 6.33 Å². The number of hydrogen-bond acceptors (Lipinski definition) is 10. The van der Waals surface area contributed by atoms with Crippen molar-refractivity contribution in [2.24, 2.45) is 4.99 Å². The smallest absolute Gasteiger partial charge is 0.457 e. The summed E-state index contributed by atoms with van der Waals surface area (Å²) in [6.45, 7) is 10.1. The van der Waals surface area contributed by atoms with Gasteiger partial charge in [-0.1, -0.05) is 24.3 Å². The first-order valence-electron chi connectivity index (χ1n) is 21.5. The molecule has 3 N–H and O–H groups in total. The molecule has 0 saturated carbocycles. The third-order valence-electron chi connectivity index (χ3n) is 11.8. The van der Waals surface area contributed by atoms with Gasteiger partial charge in [0.25, 0.3) is 0 Å². The zero-order valence-corrected chi connectivity index (χ0v) is 35.7. The predicted octanol–water partition coefficient (Wildman–Crippen LogP) is 6.29. The van der Waals surface area contributed by atoms with Gasteiger partial charge in [0.1, 0.15) is 29.3 Å². The summed E-state index contributed by atoms with van der Waals surface area (Å²) in [5.41, 5.74) is 11.8. The number of hydrogen-bond donors (Lipinski definition) is 2. The Balaban J connectivity index is 0.777. The Bertz CT molecular complexity index is 2540. The highest BCUT2D eigenvalue weighted by Gasteiger charge is 2.29. The SMILES string of the molecule is CC1=CC(C)=N/C1=C\c1ccc(CCC(=O)NCCN2CCN(C/C=C/C(=O)N3CCC[C@@H](n4nc(-c5ccc(Oc6ccccc6)cc5)c5c(N)ncnc54)C3)CC2)n1B(F)F. The molecule has 2 saturated heterocycles. The number of aliphatic imine (C=N–C) groups is 1. The molecule has 5 aromatic rings. The lowest BCUT2D eigenvalue weighted by molar-refractivity contribution is -0.127. The molecule has 1 atom stereocenters. The Labute approximate surface area is 366 Å². The number of piperazine rings is 1. The van der Waals surface area contributed by atoms with Gasteiger partial charge in [0.15, 0.2) is 5.65 Å². The lowest BCUT2D eigenvalue weighted by atomic mass is 10.1. The number of nitrogen functional groups attached to an aromatic ring is 1. The van der Waals surface area contributed by atoms with Gasteiger partial charge in [-0.3, -0.25) is 33.0 Å². The largest absolute Gasteiger partial charge is 0.677 e. The summed E-state index contributed by atoms with van der Waals surface area (Å²) in [4.78, 5) is 45.9. The number of likely N-dealkylation sites (tertiary alicyclic amines) is 1. The molecule has 3 aliphatic rings. The minimum absolute atomic E-state index is 0.0320. The van der Waals surface area contributed by atoms with Gasteiger partial charge in [-0.15, -0.1) is 0 Å². The van der Waals surface area contributed by atoms with Crippen LogP contribution in [-0.4, -0.2) is 123 Å². The minimum atomic E-state index is -2.72. The summed E-state index contributed by atoms with van der Waals surface area (Å²) in [6, 6.07) is 20.5. The number of piperidine rings is 1. The molecule has 0 aliphatic carbocycles. The Morgan fingerprint density at radius 3 is 2.46 bits per heavy atom. The van der Waals surface area contributed by atoms with Crippen molar-refractivity contribution in [2.45, 2.75) is 45.6 Å². The number of para-hydroxylation sites is 1. The van der Waals surface area contributed by atoms with Crippen LogP contribution in [-0.2, 0) is 16.0 Å². The Kier molecular flexibility index (Phi) is 13.5. The van der Waals surface area contributed by atoms with E-state index in [0.717, 1.165) is 66.1 Å². The maximum atomic E-state index is 14.1. The van der Waals surface area contributed by atoms with E-state index in [2.05, 4.69) is 30.1 Å². The molecule has 326 valence electrons. The summed E-state index contributed by atoms with van der Waals surface area (Å²) in [5, 5.41) is 8.66. The number of fused-ring (bicyclic) bond motifs is 1. The summed E-state index contributed by atoms with van der Waals surface area (Å²) in [6.07, 6.45) is 10.6. The average Bonchev–Trinajstić information content (AvgIpc) is 3.98. The first-order valence-corrected chi connectivity index (χ1v) is 21.5. The van der Waals surface area contributed by atoms with Crippen molar-refractivity contribution in [3.05, 3.63) is 114 Å². The highest BCUT2D eigenvalue weighted by molar-refractivity contribution is 6.41. The van der Waals surface area contributed by atoms with Crippen molar-refractivity contribution >= 4 is 47.9 Å². The van der Waals surface area contributed by atoms with E-state index in [1.807, 2.05) is 90.2 Å². The number of allylic oxidation sites excluding steroid dienone is 2. The molecular weight excluding hydrogens is 803 g/mol. The number of nitrogens with two attached hydrogens (primary N) is 1. The van der Waals surface area contributed by atoms with E-state index in [-0.39, 0.29) is 30.7 Å². The zero-order valence-electron chi connectivity index (χ0n) is 35.7. The van der Waals surface area contributed by atoms with Crippen molar-refractivity contribution in [3.63, 3.8) is 0 Å². The van der Waals surface area contributed by atoms with Gasteiger partial charge < -0.3 is 25.2 Å². The van der Waals surface area contributed by atoms with Gasteiger partial charge >= 0.3 is 7.40 Å². The number of carbonyl (C=O) groups is 2. The number of aryl methyl sites for hydroxylation is 1. The third-order valence-corrected chi connectivity index (χ3v) is 11.8. The second kappa shape index (κ2) is 19.7. The van der Waals surface area contributed by atoms with Crippen LogP contribution < -0.4 is 15.8 Å². The Hall–Kier alpha value is -6.46. The molecule has 0 radical (unpaired) electrons. The van der Waals surface area contributed by atoms with Crippen molar-refractivity contribution in [2.75, 3.05) is 64.6 Å². The quantitative estimate of drug-likeness (QED) is 0.0915. The molecule has 3 aromatic heterocycles. The lowest BCUT2D eigenvalue weighted by Crippen LogP contribution is -2.48. The summed E-state index contributed by atoms with van der Waals surface area (Å²) in [7, 11) is -2.72. The van der Waals surface area contributed by atoms with Crippen LogP contribution in [0, 0.1) is 0 Å². The molecule has 17 heteroatoms. The number of ether oxygens (including phenoxy) is 1. The van der Waals surface area contributed by atoms with E-state index < -0.39 is 7.40 Å². The molecule has 2 fully saturated rings. The lowest BCUT2D eigenvalue weighted by Gasteiger charge is -2.34. The second-order valence-electron chi connectivity index (χ2n) is 16.2. The van der Waals surface area contributed by atoms with Crippen molar-refractivity contribution in [3.8, 4) is 22.8 Å². The molecule has 2 aromatic carbocycles. The highest BCUT2D eigenvalue weighted by atomic mass is 19.2. The predicted molar refractivity (Wildman–Crippen MR) is 243 cm³/mol. The summed E-state index contributed by atoms with van der Waals surface area (Å²) >= 11 is 0. The molecule has 14 nitrogen and oxygen atoms in total. The molecular formula is C46H52BF2N11O3. The number of anilines is 1. The van der Waals surface area contributed by atoms with E-state index in [9.17, 15) is 18.2 Å². The summed E-state index contributed by atoms with van der Waals surface area (Å²) < 4.78 is 37.0. The zero-order chi connectivity index (χ0) is 43.9. The molecule has 0 unspecified atom stereocenters. The first kappa shape index (κ1) is 43.2. The van der Waals surface area contributed by atoms with Gasteiger partial charge in [0.05, 0.1) is 17.1 Å². The minimum Gasteiger partial charge on any atom is -0.457 e. The number of nitrogens with zero attached hydrogens (tertiary/aromatic N) is 9. The molecule has 0 spiro atoms. The highest BCUT2D eigenvalue weighted by Crippen LogP contribution is 2.35. The maximum Gasteiger partial charge on any atom is 0.677 e. The molecule has 3 aliphatic heterocycles. The van der Waals surface area contributed by atoms with Crippen LogP contribution in [0.3, 0.4) is 0 Å². The van der Waals surface area contributed by atoms with Gasteiger partial charge in [0.2, 0.25) is 11.8 Å². The molecule has 2 amide bonds. The molecule has 0 bridgehead atoms. The fourth-order valence-corrected chi connectivity index (χ4v) is 8.45. The van der Waals surface area contributed by atoms with Gasteiger partial charge in [0, 0.05) is 94.1 Å². The molecule has 8 rings (SSSR count). The topological polar surface area (TPSA) is 152 Å². The van der Waals surface area contributed by atoms with E-state index in [1.54, 1.807) is 24.3 Å². The van der Waals surface area contributed by atoms with E-state index in [0.29, 0.717) is 78.1 Å². The van der Waals surface area contributed by atoms with Crippen LogP contribution in [0.15, 0.2) is 108 Å². The van der Waals surface area contributed by atoms with Crippen molar-refractivity contribution < 1.29 is 23.0 Å². The number of rotatable bonds is 15. The number of aromatic nitrogens is 5. The first-order chi connectivity index (χ1) is 30.6. The normalized spacial score (nSPS) is 18.0. The van der Waals surface area contributed by atoms with Gasteiger partial charge in [-0.2, -0.15) is 5.10 Å². The van der Waals surface area contributed by atoms with Crippen LogP contribution in [0.25, 0.3) is 28.4 Å². The second-order valence-corrected chi connectivity index (χ2v) is 16.2. The van der Waals surface area contributed by atoms with Crippen LogP contribution in [0.2, 0.25) is 0 Å². The van der Waals surface area contributed by atoms with Crippen LogP contribution in [0.5, 0.6) is 11.5 Å². The number of carbonyl (C=O) groups excluding carboxylic acids is 2. The van der Waals surface area contributed by atoms with Crippen LogP contribution in [0.1, 0.15) is 50.5 Å². The number of amides is 2. The fraction of sp³-hybridized carbons (Fsp3) is 0.348. The number of nitrogens with one attached hydrogen (secondary N) is 1. The number of benzene rings is 2. The average molecular weight is 856 g/mol. The molecule has 63 heavy (non-hydrogen) atoms. The van der Waals surface area contributed by atoms with Crippen LogP contribution >= 0.6 is 0 Å². The van der Waals surface area contributed by atoms with E-state index >= 15 is 0 Å². The Morgan fingerprint density at radius 1 is 0.952 bits per heavy atom. The van der Waals surface area contributed by atoms with Crippen LogP contribution in [0.4, 0.5) is 14.4 Å². The molecule has 6 heterocycles. The summed E-state index contributed by atoms with van der Waals surface area (Å²) in [5.74, 6) is 1.60. The fourth-order valence-electron chi connectivity index (χ4n) is 8.45. The number of halogens is 2. The monoisotopic (exact) mass is 855 g/mol. The van der Waals surface area contributed by atoms with Gasteiger partial charge in [-0.25, -0.2) is 14.6 Å². The standard InChI is InChI=1S/C46H52BF2N11O3/c1-32-28-33(2)54-40(32)29-36-15-14-35(59(36)47(48)49)16-19-41(61)51-20-23-57-26-24-56(25-27-57)21-7-11-42(62)58-22-6-8-37(30-58)60-46-43(45(50)52-31-53-46)44(55-60)34-12-17-39(18-13-34)63-38-9-4-3-5-10-38/h3-5,7,9-15,17-18,28-29,31,37H,6,8,16,19-27,30H2,1-2H3,(H,51,61)(H2,50,52,53)/b11-7+,40-29-/t37-/m1/s1. The van der Waals surface area contributed by atoms with Gasteiger partial charge in [-0.05, 0) is 99.4 Å². The van der Waals surface area contributed by atoms with E-state index in [4.69, 9.17) is 15.6 Å². The third kappa shape index (κ3) is 10.4. The van der Waals surface area contributed by atoms with Crippen molar-refractivity contribution in [1.82, 2.24) is 44.2 Å². The maximum absolute atomic E-state index is 14.1.